The van der Waals surface area contributed by atoms with Gasteiger partial charge >= 0.3 is 0 Å². The van der Waals surface area contributed by atoms with Crippen LogP contribution in [-0.2, 0) is 6.42 Å². The normalized spacial score (nSPS) is 14.9. The SMILES string of the molecule is CCc1cccc(C)c1N1CCN(C(=O)c2cccnc2)CC1. The van der Waals surface area contributed by atoms with Crippen LogP contribution in [0.15, 0.2) is 42.7 Å². The minimum Gasteiger partial charge on any atom is -0.368 e. The zero-order valence-electron chi connectivity index (χ0n) is 13.8. The summed E-state index contributed by atoms with van der Waals surface area (Å²) in [6.45, 7) is 7.63. The maximum Gasteiger partial charge on any atom is 0.255 e. The van der Waals surface area contributed by atoms with Crippen molar-refractivity contribution in [3.05, 3.63) is 59.4 Å². The minimum atomic E-state index is 0.0817. The molecule has 1 saturated heterocycles. The molecule has 0 aliphatic carbocycles. The Morgan fingerprint density at radius 3 is 2.57 bits per heavy atom. The number of carbonyl (C=O) groups is 1. The topological polar surface area (TPSA) is 36.4 Å². The van der Waals surface area contributed by atoms with Crippen molar-refractivity contribution in [2.24, 2.45) is 0 Å². The van der Waals surface area contributed by atoms with E-state index < -0.39 is 0 Å². The van der Waals surface area contributed by atoms with Gasteiger partial charge in [0.25, 0.3) is 5.91 Å². The van der Waals surface area contributed by atoms with Crippen molar-refractivity contribution in [2.75, 3.05) is 31.1 Å². The van der Waals surface area contributed by atoms with Crippen LogP contribution < -0.4 is 4.90 Å². The summed E-state index contributed by atoms with van der Waals surface area (Å²) in [6, 6.07) is 10.1. The van der Waals surface area contributed by atoms with Gasteiger partial charge in [-0.15, -0.1) is 0 Å². The highest BCUT2D eigenvalue weighted by Gasteiger charge is 2.24. The van der Waals surface area contributed by atoms with Crippen LogP contribution >= 0.6 is 0 Å². The number of amides is 1. The molecule has 1 aromatic carbocycles. The van der Waals surface area contributed by atoms with Crippen molar-refractivity contribution < 1.29 is 4.79 Å². The van der Waals surface area contributed by atoms with Crippen LogP contribution in [0.1, 0.15) is 28.4 Å². The fourth-order valence-corrected chi connectivity index (χ4v) is 3.26. The molecule has 1 amide bonds. The Morgan fingerprint density at radius 2 is 1.91 bits per heavy atom. The molecule has 1 aromatic heterocycles. The van der Waals surface area contributed by atoms with E-state index in [1.165, 1.54) is 16.8 Å². The monoisotopic (exact) mass is 309 g/mol. The average molecular weight is 309 g/mol. The zero-order chi connectivity index (χ0) is 16.2. The van der Waals surface area contributed by atoms with Gasteiger partial charge in [-0.05, 0) is 36.6 Å². The Kier molecular flexibility index (Phi) is 4.60. The van der Waals surface area contributed by atoms with E-state index in [1.54, 1.807) is 12.4 Å². The molecule has 1 fully saturated rings. The van der Waals surface area contributed by atoms with E-state index in [0.29, 0.717) is 5.56 Å². The molecule has 1 aliphatic heterocycles. The van der Waals surface area contributed by atoms with Crippen molar-refractivity contribution in [2.45, 2.75) is 20.3 Å². The summed E-state index contributed by atoms with van der Waals surface area (Å²) in [6.07, 6.45) is 4.37. The third kappa shape index (κ3) is 3.21. The van der Waals surface area contributed by atoms with E-state index in [9.17, 15) is 4.79 Å². The summed E-state index contributed by atoms with van der Waals surface area (Å²) in [5.41, 5.74) is 4.72. The molecule has 120 valence electrons. The second-order valence-corrected chi connectivity index (χ2v) is 5.96. The lowest BCUT2D eigenvalue weighted by Gasteiger charge is -2.37. The van der Waals surface area contributed by atoms with Gasteiger partial charge < -0.3 is 9.80 Å². The van der Waals surface area contributed by atoms with E-state index >= 15 is 0 Å². The van der Waals surface area contributed by atoms with Crippen LogP contribution in [0.25, 0.3) is 0 Å². The molecule has 23 heavy (non-hydrogen) atoms. The van der Waals surface area contributed by atoms with Gasteiger partial charge in [-0.1, -0.05) is 25.1 Å². The van der Waals surface area contributed by atoms with Crippen molar-refractivity contribution in [1.82, 2.24) is 9.88 Å². The molecule has 0 unspecified atom stereocenters. The molecule has 0 N–H and O–H groups in total. The number of carbonyl (C=O) groups excluding carboxylic acids is 1. The molecule has 2 aromatic rings. The third-order valence-corrected chi connectivity index (χ3v) is 4.49. The van der Waals surface area contributed by atoms with Crippen molar-refractivity contribution >= 4 is 11.6 Å². The predicted octanol–water partition coefficient (Wildman–Crippen LogP) is 2.91. The van der Waals surface area contributed by atoms with Gasteiger partial charge in [-0.25, -0.2) is 0 Å². The van der Waals surface area contributed by atoms with Gasteiger partial charge in [0.2, 0.25) is 0 Å². The summed E-state index contributed by atoms with van der Waals surface area (Å²) in [7, 11) is 0. The van der Waals surface area contributed by atoms with Crippen molar-refractivity contribution in [1.29, 1.82) is 0 Å². The summed E-state index contributed by atoms with van der Waals surface area (Å²) in [5.74, 6) is 0.0817. The number of aromatic nitrogens is 1. The molecule has 0 radical (unpaired) electrons. The van der Waals surface area contributed by atoms with Gasteiger partial charge in [-0.2, -0.15) is 0 Å². The van der Waals surface area contributed by atoms with Crippen LogP contribution in [0.4, 0.5) is 5.69 Å². The van der Waals surface area contributed by atoms with E-state index in [0.717, 1.165) is 32.6 Å². The number of rotatable bonds is 3. The molecule has 0 saturated carbocycles. The lowest BCUT2D eigenvalue weighted by Crippen LogP contribution is -2.49. The highest BCUT2D eigenvalue weighted by molar-refractivity contribution is 5.94. The fraction of sp³-hybridized carbons (Fsp3) is 0.368. The first kappa shape index (κ1) is 15.5. The first-order valence-electron chi connectivity index (χ1n) is 8.23. The quantitative estimate of drug-likeness (QED) is 0.875. The molecular weight excluding hydrogens is 286 g/mol. The van der Waals surface area contributed by atoms with E-state index in [-0.39, 0.29) is 5.91 Å². The third-order valence-electron chi connectivity index (χ3n) is 4.49. The van der Waals surface area contributed by atoms with Crippen LogP contribution in [0, 0.1) is 6.92 Å². The maximum atomic E-state index is 12.5. The number of piperazine rings is 1. The number of hydrogen-bond donors (Lipinski definition) is 0. The van der Waals surface area contributed by atoms with Crippen LogP contribution in [0.2, 0.25) is 0 Å². The Hall–Kier alpha value is -2.36. The molecule has 4 heteroatoms. The number of benzene rings is 1. The van der Waals surface area contributed by atoms with Gasteiger partial charge in [0.05, 0.1) is 5.56 Å². The molecule has 1 aliphatic rings. The molecule has 3 rings (SSSR count). The standard InChI is InChI=1S/C19H23N3O/c1-3-16-7-4-6-15(2)18(16)21-10-12-22(13-11-21)19(23)17-8-5-9-20-14-17/h4-9,14H,3,10-13H2,1-2H3. The van der Waals surface area contributed by atoms with Crippen LogP contribution in [-0.4, -0.2) is 42.0 Å². The second-order valence-electron chi connectivity index (χ2n) is 5.96. The van der Waals surface area contributed by atoms with Crippen molar-refractivity contribution in [3.8, 4) is 0 Å². The van der Waals surface area contributed by atoms with E-state index in [2.05, 4.69) is 41.9 Å². The lowest BCUT2D eigenvalue weighted by molar-refractivity contribution is 0.0746. The average Bonchev–Trinajstić information content (AvgIpc) is 2.62. The zero-order valence-corrected chi connectivity index (χ0v) is 13.8. The fourth-order valence-electron chi connectivity index (χ4n) is 3.26. The summed E-state index contributed by atoms with van der Waals surface area (Å²) >= 11 is 0. The predicted molar refractivity (Wildman–Crippen MR) is 92.9 cm³/mol. The molecule has 0 spiro atoms. The summed E-state index contributed by atoms with van der Waals surface area (Å²) < 4.78 is 0. The number of anilines is 1. The first-order valence-corrected chi connectivity index (χ1v) is 8.23. The molecule has 2 heterocycles. The highest BCUT2D eigenvalue weighted by Crippen LogP contribution is 2.27. The van der Waals surface area contributed by atoms with E-state index in [1.807, 2.05) is 17.0 Å². The Labute approximate surface area is 137 Å². The van der Waals surface area contributed by atoms with Gasteiger partial charge in [0.15, 0.2) is 0 Å². The first-order chi connectivity index (χ1) is 11.2. The van der Waals surface area contributed by atoms with E-state index in [4.69, 9.17) is 0 Å². The smallest absolute Gasteiger partial charge is 0.255 e. The van der Waals surface area contributed by atoms with Crippen molar-refractivity contribution in [3.63, 3.8) is 0 Å². The number of pyridine rings is 1. The Balaban J connectivity index is 1.71. The Bertz CT molecular complexity index is 676. The Morgan fingerprint density at radius 1 is 1.13 bits per heavy atom. The molecule has 0 atom stereocenters. The molecule has 4 nitrogen and oxygen atoms in total. The number of nitrogens with zero attached hydrogens (tertiary/aromatic N) is 3. The lowest BCUT2D eigenvalue weighted by atomic mass is 10.0. The largest absolute Gasteiger partial charge is 0.368 e. The molecular formula is C19H23N3O. The maximum absolute atomic E-state index is 12.5. The van der Waals surface area contributed by atoms with Gasteiger partial charge in [0, 0.05) is 44.3 Å². The number of hydrogen-bond acceptors (Lipinski definition) is 3. The summed E-state index contributed by atoms with van der Waals surface area (Å²) in [5, 5.41) is 0. The highest BCUT2D eigenvalue weighted by atomic mass is 16.2. The molecule has 0 bridgehead atoms. The van der Waals surface area contributed by atoms with Gasteiger partial charge in [0.1, 0.15) is 0 Å². The second kappa shape index (κ2) is 6.82. The van der Waals surface area contributed by atoms with Crippen LogP contribution in [0.3, 0.4) is 0 Å². The summed E-state index contributed by atoms with van der Waals surface area (Å²) in [4.78, 5) is 20.9. The minimum absolute atomic E-state index is 0.0817. The van der Waals surface area contributed by atoms with Gasteiger partial charge in [-0.3, -0.25) is 9.78 Å². The number of para-hydroxylation sites is 1. The van der Waals surface area contributed by atoms with Crippen LogP contribution in [0.5, 0.6) is 0 Å². The number of aryl methyl sites for hydroxylation is 2.